The van der Waals surface area contributed by atoms with Gasteiger partial charge in [-0.1, -0.05) is 6.92 Å². The van der Waals surface area contributed by atoms with Gasteiger partial charge >= 0.3 is 0 Å². The van der Waals surface area contributed by atoms with Crippen LogP contribution in [0.4, 0.5) is 0 Å². The first-order valence-corrected chi connectivity index (χ1v) is 5.60. The van der Waals surface area contributed by atoms with E-state index < -0.39 is 0 Å². The van der Waals surface area contributed by atoms with Gasteiger partial charge in [0.1, 0.15) is 0 Å². The SMILES string of the molecule is CCC(NN)c1c(Br)cnn1C(C)C. The Morgan fingerprint density at radius 2 is 2.29 bits per heavy atom. The van der Waals surface area contributed by atoms with Crippen molar-refractivity contribution in [3.63, 3.8) is 0 Å². The molecule has 1 heterocycles. The number of halogens is 1. The summed E-state index contributed by atoms with van der Waals surface area (Å²) in [5.41, 5.74) is 3.92. The van der Waals surface area contributed by atoms with Gasteiger partial charge in [-0.15, -0.1) is 0 Å². The normalized spacial score (nSPS) is 13.6. The van der Waals surface area contributed by atoms with Crippen LogP contribution in [0.15, 0.2) is 10.7 Å². The molecule has 1 unspecified atom stereocenters. The lowest BCUT2D eigenvalue weighted by Crippen LogP contribution is -2.30. The molecule has 0 saturated heterocycles. The Morgan fingerprint density at radius 3 is 2.71 bits per heavy atom. The van der Waals surface area contributed by atoms with E-state index in [4.69, 9.17) is 5.84 Å². The zero-order valence-corrected chi connectivity index (χ0v) is 10.4. The Bertz CT molecular complexity index is 291. The fourth-order valence-electron chi connectivity index (χ4n) is 1.48. The Balaban J connectivity index is 3.09. The molecular weight excluding hydrogens is 244 g/mol. The van der Waals surface area contributed by atoms with Crippen LogP contribution < -0.4 is 11.3 Å². The summed E-state index contributed by atoms with van der Waals surface area (Å²) < 4.78 is 2.99. The van der Waals surface area contributed by atoms with E-state index in [1.54, 1.807) is 0 Å². The topological polar surface area (TPSA) is 55.9 Å². The number of aromatic nitrogens is 2. The molecule has 1 aromatic heterocycles. The molecule has 1 rings (SSSR count). The molecule has 0 aromatic carbocycles. The maximum Gasteiger partial charge on any atom is 0.0712 e. The molecule has 0 bridgehead atoms. The van der Waals surface area contributed by atoms with Crippen molar-refractivity contribution >= 4 is 15.9 Å². The summed E-state index contributed by atoms with van der Waals surface area (Å²) in [7, 11) is 0. The van der Waals surface area contributed by atoms with Gasteiger partial charge < -0.3 is 0 Å². The minimum atomic E-state index is 0.147. The third-order valence-corrected chi connectivity index (χ3v) is 2.83. The standard InChI is InChI=1S/C9H17BrN4/c1-4-8(13-11)9-7(10)5-12-14(9)6(2)3/h5-6,8,13H,4,11H2,1-3H3. The Labute approximate surface area is 93.0 Å². The van der Waals surface area contributed by atoms with Crippen LogP contribution in [0.1, 0.15) is 45.0 Å². The highest BCUT2D eigenvalue weighted by Crippen LogP contribution is 2.26. The van der Waals surface area contributed by atoms with E-state index in [9.17, 15) is 0 Å². The summed E-state index contributed by atoms with van der Waals surface area (Å²) in [4.78, 5) is 0. The van der Waals surface area contributed by atoms with Crippen LogP contribution in [-0.4, -0.2) is 9.78 Å². The molecular formula is C9H17BrN4. The van der Waals surface area contributed by atoms with Crippen LogP contribution in [0.2, 0.25) is 0 Å². The van der Waals surface area contributed by atoms with Gasteiger partial charge in [0.15, 0.2) is 0 Å². The summed E-state index contributed by atoms with van der Waals surface area (Å²) in [6.07, 6.45) is 2.75. The van der Waals surface area contributed by atoms with E-state index in [1.807, 2.05) is 10.9 Å². The lowest BCUT2D eigenvalue weighted by Gasteiger charge is -2.18. The Kier molecular flexibility index (Phi) is 4.10. The van der Waals surface area contributed by atoms with Crippen LogP contribution in [0, 0.1) is 0 Å². The fourth-order valence-corrected chi connectivity index (χ4v) is 2.03. The van der Waals surface area contributed by atoms with E-state index in [0.717, 1.165) is 16.6 Å². The van der Waals surface area contributed by atoms with Crippen molar-refractivity contribution < 1.29 is 0 Å². The maximum atomic E-state index is 5.50. The van der Waals surface area contributed by atoms with Crippen molar-refractivity contribution in [3.8, 4) is 0 Å². The molecule has 4 nitrogen and oxygen atoms in total. The molecule has 14 heavy (non-hydrogen) atoms. The zero-order chi connectivity index (χ0) is 10.7. The molecule has 1 aromatic rings. The van der Waals surface area contributed by atoms with Gasteiger partial charge in [0.05, 0.1) is 22.4 Å². The average molecular weight is 261 g/mol. The fraction of sp³-hybridized carbons (Fsp3) is 0.667. The molecule has 0 amide bonds. The van der Waals surface area contributed by atoms with Gasteiger partial charge in [0.25, 0.3) is 0 Å². The minimum absolute atomic E-state index is 0.147. The highest BCUT2D eigenvalue weighted by molar-refractivity contribution is 9.10. The summed E-state index contributed by atoms with van der Waals surface area (Å²) in [6.45, 7) is 6.30. The molecule has 0 radical (unpaired) electrons. The van der Waals surface area contributed by atoms with Gasteiger partial charge in [-0.05, 0) is 36.2 Å². The van der Waals surface area contributed by atoms with Crippen LogP contribution >= 0.6 is 15.9 Å². The molecule has 5 heteroatoms. The van der Waals surface area contributed by atoms with Crippen molar-refractivity contribution in [1.29, 1.82) is 0 Å². The van der Waals surface area contributed by atoms with Crippen molar-refractivity contribution in [2.45, 2.75) is 39.3 Å². The van der Waals surface area contributed by atoms with Gasteiger partial charge in [0, 0.05) is 6.04 Å². The number of hydrogen-bond donors (Lipinski definition) is 2. The number of rotatable bonds is 4. The predicted molar refractivity (Wildman–Crippen MR) is 60.7 cm³/mol. The summed E-state index contributed by atoms with van der Waals surface area (Å²) >= 11 is 3.49. The molecule has 0 saturated carbocycles. The van der Waals surface area contributed by atoms with Crippen LogP contribution in [-0.2, 0) is 0 Å². The van der Waals surface area contributed by atoms with Gasteiger partial charge in [-0.2, -0.15) is 5.10 Å². The smallest absolute Gasteiger partial charge is 0.0712 e. The zero-order valence-electron chi connectivity index (χ0n) is 8.79. The number of nitrogens with zero attached hydrogens (tertiary/aromatic N) is 2. The lowest BCUT2D eigenvalue weighted by atomic mass is 10.1. The first kappa shape index (κ1) is 11.7. The summed E-state index contributed by atoms with van der Waals surface area (Å²) in [5, 5.41) is 4.31. The third kappa shape index (κ3) is 2.16. The van der Waals surface area contributed by atoms with Crippen molar-refractivity contribution in [3.05, 3.63) is 16.4 Å². The predicted octanol–water partition coefficient (Wildman–Crippen LogP) is 2.14. The summed E-state index contributed by atoms with van der Waals surface area (Å²) in [6, 6.07) is 0.493. The van der Waals surface area contributed by atoms with Crippen LogP contribution in [0.25, 0.3) is 0 Å². The third-order valence-electron chi connectivity index (χ3n) is 2.22. The number of hydrogen-bond acceptors (Lipinski definition) is 3. The molecule has 0 aliphatic heterocycles. The molecule has 80 valence electrons. The maximum absolute atomic E-state index is 5.50. The number of nitrogens with two attached hydrogens (primary N) is 1. The second-order valence-corrected chi connectivity index (χ2v) is 4.40. The monoisotopic (exact) mass is 260 g/mol. The Morgan fingerprint density at radius 1 is 1.64 bits per heavy atom. The van der Waals surface area contributed by atoms with Crippen LogP contribution in [0.3, 0.4) is 0 Å². The molecule has 3 N–H and O–H groups in total. The average Bonchev–Trinajstić information content (AvgIpc) is 2.51. The largest absolute Gasteiger partial charge is 0.271 e. The van der Waals surface area contributed by atoms with E-state index in [0.29, 0.717) is 6.04 Å². The van der Waals surface area contributed by atoms with Gasteiger partial charge in [-0.25, -0.2) is 0 Å². The molecule has 0 aliphatic rings. The van der Waals surface area contributed by atoms with E-state index in [2.05, 4.69) is 47.2 Å². The van der Waals surface area contributed by atoms with Crippen molar-refractivity contribution in [1.82, 2.24) is 15.2 Å². The van der Waals surface area contributed by atoms with Gasteiger partial charge in [0.2, 0.25) is 0 Å². The number of hydrazine groups is 1. The molecule has 1 atom stereocenters. The highest BCUT2D eigenvalue weighted by Gasteiger charge is 2.18. The molecule has 0 fully saturated rings. The molecule has 0 spiro atoms. The van der Waals surface area contributed by atoms with Gasteiger partial charge in [-0.3, -0.25) is 16.0 Å². The van der Waals surface area contributed by atoms with Crippen molar-refractivity contribution in [2.75, 3.05) is 0 Å². The number of nitrogens with one attached hydrogen (secondary N) is 1. The second-order valence-electron chi connectivity index (χ2n) is 3.54. The van der Waals surface area contributed by atoms with Crippen molar-refractivity contribution in [2.24, 2.45) is 5.84 Å². The molecule has 0 aliphatic carbocycles. The van der Waals surface area contributed by atoms with E-state index in [1.165, 1.54) is 0 Å². The first-order chi connectivity index (χ1) is 6.61. The Hall–Kier alpha value is -0.390. The summed E-state index contributed by atoms with van der Waals surface area (Å²) in [5.74, 6) is 5.50. The van der Waals surface area contributed by atoms with E-state index in [-0.39, 0.29) is 6.04 Å². The second kappa shape index (κ2) is 4.91. The highest BCUT2D eigenvalue weighted by atomic mass is 79.9. The van der Waals surface area contributed by atoms with E-state index >= 15 is 0 Å². The minimum Gasteiger partial charge on any atom is -0.271 e. The lowest BCUT2D eigenvalue weighted by molar-refractivity contribution is 0.441. The van der Waals surface area contributed by atoms with Crippen LogP contribution in [0.5, 0.6) is 0 Å². The first-order valence-electron chi connectivity index (χ1n) is 4.80. The quantitative estimate of drug-likeness (QED) is 0.645.